The molecule has 0 aromatic heterocycles. The molecule has 0 saturated carbocycles. The van der Waals surface area contributed by atoms with Crippen LogP contribution in [0.1, 0.15) is 18.9 Å². The SMILES string of the molecule is CCCNCC(=O)NCc1ccc2c(c1)OCCO2. The number of rotatable bonds is 6. The van der Waals surface area contributed by atoms with Crippen molar-refractivity contribution >= 4 is 5.91 Å². The second kappa shape index (κ2) is 6.99. The number of fused-ring (bicyclic) bond motifs is 1. The lowest BCUT2D eigenvalue weighted by atomic mass is 10.2. The normalized spacial score (nSPS) is 13.1. The Hall–Kier alpha value is -1.75. The molecule has 0 radical (unpaired) electrons. The molecule has 0 aliphatic carbocycles. The van der Waals surface area contributed by atoms with Crippen LogP contribution >= 0.6 is 0 Å². The smallest absolute Gasteiger partial charge is 0.234 e. The first-order chi connectivity index (χ1) is 9.29. The third-order valence-electron chi connectivity index (χ3n) is 2.81. The van der Waals surface area contributed by atoms with Gasteiger partial charge in [-0.05, 0) is 30.7 Å². The Balaban J connectivity index is 1.81. The molecule has 104 valence electrons. The van der Waals surface area contributed by atoms with Gasteiger partial charge in [-0.25, -0.2) is 0 Å². The summed E-state index contributed by atoms with van der Waals surface area (Å²) in [5.41, 5.74) is 1.01. The lowest BCUT2D eigenvalue weighted by molar-refractivity contribution is -0.120. The summed E-state index contributed by atoms with van der Waals surface area (Å²) < 4.78 is 10.9. The van der Waals surface area contributed by atoms with Crippen molar-refractivity contribution in [2.75, 3.05) is 26.3 Å². The predicted molar refractivity (Wildman–Crippen MR) is 72.4 cm³/mol. The summed E-state index contributed by atoms with van der Waals surface area (Å²) in [6.45, 7) is 4.95. The number of carbonyl (C=O) groups excluding carboxylic acids is 1. The molecule has 0 fully saturated rings. The Morgan fingerprint density at radius 2 is 2.05 bits per heavy atom. The van der Waals surface area contributed by atoms with Gasteiger partial charge < -0.3 is 20.1 Å². The van der Waals surface area contributed by atoms with E-state index < -0.39 is 0 Å². The Morgan fingerprint density at radius 3 is 2.84 bits per heavy atom. The topological polar surface area (TPSA) is 59.6 Å². The van der Waals surface area contributed by atoms with Gasteiger partial charge in [0.2, 0.25) is 5.91 Å². The first-order valence-electron chi connectivity index (χ1n) is 6.65. The average molecular weight is 264 g/mol. The highest BCUT2D eigenvalue weighted by atomic mass is 16.6. The number of hydrogen-bond acceptors (Lipinski definition) is 4. The van der Waals surface area contributed by atoms with Gasteiger partial charge in [0.1, 0.15) is 13.2 Å². The van der Waals surface area contributed by atoms with Crippen molar-refractivity contribution in [2.24, 2.45) is 0 Å². The molecule has 19 heavy (non-hydrogen) atoms. The molecule has 0 unspecified atom stereocenters. The minimum absolute atomic E-state index is 0.00309. The third kappa shape index (κ3) is 4.13. The van der Waals surface area contributed by atoms with E-state index in [2.05, 4.69) is 17.6 Å². The van der Waals surface area contributed by atoms with Crippen molar-refractivity contribution in [3.63, 3.8) is 0 Å². The van der Waals surface area contributed by atoms with Gasteiger partial charge in [0.05, 0.1) is 6.54 Å². The zero-order chi connectivity index (χ0) is 13.5. The molecule has 1 heterocycles. The maximum atomic E-state index is 11.6. The van der Waals surface area contributed by atoms with Crippen LogP contribution in [0.15, 0.2) is 18.2 Å². The molecule has 2 rings (SSSR count). The quantitative estimate of drug-likeness (QED) is 0.755. The molecule has 1 aliphatic rings. The molecule has 1 aliphatic heterocycles. The van der Waals surface area contributed by atoms with Crippen molar-refractivity contribution in [3.05, 3.63) is 23.8 Å². The second-order valence-electron chi connectivity index (χ2n) is 4.43. The molecule has 0 bridgehead atoms. The lowest BCUT2D eigenvalue weighted by Crippen LogP contribution is -2.33. The van der Waals surface area contributed by atoms with Gasteiger partial charge in [-0.3, -0.25) is 4.79 Å². The minimum atomic E-state index is 0.00309. The fourth-order valence-electron chi connectivity index (χ4n) is 1.84. The minimum Gasteiger partial charge on any atom is -0.486 e. The molecule has 1 aromatic carbocycles. The Morgan fingerprint density at radius 1 is 1.26 bits per heavy atom. The van der Waals surface area contributed by atoms with Crippen LogP contribution in [0, 0.1) is 0 Å². The molecule has 2 N–H and O–H groups in total. The van der Waals surface area contributed by atoms with Gasteiger partial charge in [-0.2, -0.15) is 0 Å². The van der Waals surface area contributed by atoms with E-state index in [0.29, 0.717) is 26.3 Å². The largest absolute Gasteiger partial charge is 0.486 e. The van der Waals surface area contributed by atoms with Crippen LogP contribution in [0.4, 0.5) is 0 Å². The van der Waals surface area contributed by atoms with Crippen molar-refractivity contribution in [1.82, 2.24) is 10.6 Å². The molecule has 5 heteroatoms. The van der Waals surface area contributed by atoms with Crippen LogP contribution in [0.25, 0.3) is 0 Å². The van der Waals surface area contributed by atoms with E-state index in [1.807, 2.05) is 18.2 Å². The Kier molecular flexibility index (Phi) is 5.03. The summed E-state index contributed by atoms with van der Waals surface area (Å²) >= 11 is 0. The molecular formula is C14H20N2O3. The van der Waals surface area contributed by atoms with Gasteiger partial charge >= 0.3 is 0 Å². The molecule has 1 aromatic rings. The maximum absolute atomic E-state index is 11.6. The molecule has 1 amide bonds. The van der Waals surface area contributed by atoms with E-state index in [0.717, 1.165) is 30.0 Å². The standard InChI is InChI=1S/C14H20N2O3/c1-2-5-15-10-14(17)16-9-11-3-4-12-13(8-11)19-7-6-18-12/h3-4,8,15H,2,5-7,9-10H2,1H3,(H,16,17). The third-order valence-corrected chi connectivity index (χ3v) is 2.81. The summed E-state index contributed by atoms with van der Waals surface area (Å²) in [4.78, 5) is 11.6. The summed E-state index contributed by atoms with van der Waals surface area (Å²) in [6, 6.07) is 5.73. The van der Waals surface area contributed by atoms with Gasteiger partial charge in [-0.1, -0.05) is 13.0 Å². The highest BCUT2D eigenvalue weighted by molar-refractivity contribution is 5.77. The van der Waals surface area contributed by atoms with Gasteiger partial charge in [0, 0.05) is 6.54 Å². The van der Waals surface area contributed by atoms with Crippen LogP contribution in [-0.4, -0.2) is 32.2 Å². The average Bonchev–Trinajstić information content (AvgIpc) is 2.45. The zero-order valence-corrected chi connectivity index (χ0v) is 11.2. The van der Waals surface area contributed by atoms with Crippen LogP contribution in [0.2, 0.25) is 0 Å². The van der Waals surface area contributed by atoms with E-state index in [1.54, 1.807) is 0 Å². The molecule has 0 saturated heterocycles. The van der Waals surface area contributed by atoms with Crippen LogP contribution < -0.4 is 20.1 Å². The van der Waals surface area contributed by atoms with Crippen LogP contribution in [0.3, 0.4) is 0 Å². The van der Waals surface area contributed by atoms with E-state index >= 15 is 0 Å². The monoisotopic (exact) mass is 264 g/mol. The Bertz CT molecular complexity index is 435. The molecule has 0 spiro atoms. The summed E-state index contributed by atoms with van der Waals surface area (Å²) in [7, 11) is 0. The fraction of sp³-hybridized carbons (Fsp3) is 0.500. The van der Waals surface area contributed by atoms with Crippen LogP contribution in [-0.2, 0) is 11.3 Å². The number of benzene rings is 1. The second-order valence-corrected chi connectivity index (χ2v) is 4.43. The Labute approximate surface area is 113 Å². The number of nitrogens with one attached hydrogen (secondary N) is 2. The fourth-order valence-corrected chi connectivity index (χ4v) is 1.84. The van der Waals surface area contributed by atoms with Gasteiger partial charge in [0.25, 0.3) is 0 Å². The van der Waals surface area contributed by atoms with Crippen molar-refractivity contribution < 1.29 is 14.3 Å². The van der Waals surface area contributed by atoms with Gasteiger partial charge in [-0.15, -0.1) is 0 Å². The first-order valence-corrected chi connectivity index (χ1v) is 6.65. The summed E-state index contributed by atoms with van der Waals surface area (Å²) in [6.07, 6.45) is 1.02. The summed E-state index contributed by atoms with van der Waals surface area (Å²) in [5, 5.41) is 5.93. The molecule has 0 atom stereocenters. The summed E-state index contributed by atoms with van der Waals surface area (Å²) in [5.74, 6) is 1.52. The number of ether oxygens (including phenoxy) is 2. The molecular weight excluding hydrogens is 244 g/mol. The first kappa shape index (κ1) is 13.7. The van der Waals surface area contributed by atoms with Crippen LogP contribution in [0.5, 0.6) is 11.5 Å². The molecule has 5 nitrogen and oxygen atoms in total. The van der Waals surface area contributed by atoms with Gasteiger partial charge in [0.15, 0.2) is 11.5 Å². The number of hydrogen-bond donors (Lipinski definition) is 2. The number of carbonyl (C=O) groups is 1. The van der Waals surface area contributed by atoms with E-state index in [-0.39, 0.29) is 5.91 Å². The highest BCUT2D eigenvalue weighted by Gasteiger charge is 2.11. The van der Waals surface area contributed by atoms with E-state index in [1.165, 1.54) is 0 Å². The number of amides is 1. The zero-order valence-electron chi connectivity index (χ0n) is 11.2. The predicted octanol–water partition coefficient (Wildman–Crippen LogP) is 1.07. The van der Waals surface area contributed by atoms with Crippen molar-refractivity contribution in [1.29, 1.82) is 0 Å². The van der Waals surface area contributed by atoms with Crippen molar-refractivity contribution in [3.8, 4) is 11.5 Å². The van der Waals surface area contributed by atoms with E-state index in [4.69, 9.17) is 9.47 Å². The van der Waals surface area contributed by atoms with E-state index in [9.17, 15) is 4.79 Å². The highest BCUT2D eigenvalue weighted by Crippen LogP contribution is 2.30. The lowest BCUT2D eigenvalue weighted by Gasteiger charge is -2.19. The maximum Gasteiger partial charge on any atom is 0.234 e. The van der Waals surface area contributed by atoms with Crippen molar-refractivity contribution in [2.45, 2.75) is 19.9 Å².